The molecule has 2 aliphatic heterocycles. The van der Waals surface area contributed by atoms with Gasteiger partial charge in [0.1, 0.15) is 0 Å². The molecule has 1 aromatic rings. The summed E-state index contributed by atoms with van der Waals surface area (Å²) in [5.74, 6) is 1.27. The van der Waals surface area contributed by atoms with Gasteiger partial charge in [-0.25, -0.2) is 4.79 Å². The largest absolute Gasteiger partial charge is 0.339 e. The molecule has 0 radical (unpaired) electrons. The van der Waals surface area contributed by atoms with Gasteiger partial charge in [0, 0.05) is 19.0 Å². The second-order valence-corrected chi connectivity index (χ2v) is 6.05. The molecule has 22 heavy (non-hydrogen) atoms. The number of hydrogen-bond donors (Lipinski definition) is 1. The molecule has 0 aromatic carbocycles. The molecule has 3 rings (SSSR count). The third-order valence-electron chi connectivity index (χ3n) is 4.11. The van der Waals surface area contributed by atoms with Crippen molar-refractivity contribution in [3.05, 3.63) is 11.7 Å². The monoisotopic (exact) mass is 307 g/mol. The van der Waals surface area contributed by atoms with Crippen molar-refractivity contribution < 1.29 is 14.1 Å². The summed E-state index contributed by atoms with van der Waals surface area (Å²) in [7, 11) is 0. The van der Waals surface area contributed by atoms with Gasteiger partial charge in [0.25, 0.3) is 0 Å². The molecule has 0 spiro atoms. The van der Waals surface area contributed by atoms with E-state index in [2.05, 4.69) is 15.5 Å². The minimum Gasteiger partial charge on any atom is -0.339 e. The van der Waals surface area contributed by atoms with Crippen LogP contribution >= 0.6 is 0 Å². The molecule has 2 aliphatic rings. The number of rotatable bonds is 4. The second kappa shape index (κ2) is 6.04. The average molecular weight is 307 g/mol. The summed E-state index contributed by atoms with van der Waals surface area (Å²) in [5, 5.41) is 6.70. The van der Waals surface area contributed by atoms with Crippen LogP contribution in [0.25, 0.3) is 0 Å². The number of aromatic nitrogens is 2. The highest BCUT2D eigenvalue weighted by Crippen LogP contribution is 2.30. The van der Waals surface area contributed by atoms with Crippen LogP contribution in [0.3, 0.4) is 0 Å². The van der Waals surface area contributed by atoms with E-state index in [9.17, 15) is 9.59 Å². The fourth-order valence-corrected chi connectivity index (χ4v) is 2.89. The van der Waals surface area contributed by atoms with E-state index in [1.165, 1.54) is 4.90 Å². The van der Waals surface area contributed by atoms with Gasteiger partial charge in [0.15, 0.2) is 5.82 Å². The van der Waals surface area contributed by atoms with E-state index in [4.69, 9.17) is 4.52 Å². The maximum absolute atomic E-state index is 12.3. The third kappa shape index (κ3) is 2.83. The van der Waals surface area contributed by atoms with E-state index < -0.39 is 0 Å². The van der Waals surface area contributed by atoms with Crippen LogP contribution in [0, 0.1) is 0 Å². The minimum absolute atomic E-state index is 0.00846. The Hall–Kier alpha value is -1.96. The van der Waals surface area contributed by atoms with Gasteiger partial charge in [-0.2, -0.15) is 4.98 Å². The summed E-state index contributed by atoms with van der Waals surface area (Å²) in [4.78, 5) is 31.6. The predicted molar refractivity (Wildman–Crippen MR) is 77.0 cm³/mol. The van der Waals surface area contributed by atoms with Crippen molar-refractivity contribution in [1.29, 1.82) is 0 Å². The van der Waals surface area contributed by atoms with Gasteiger partial charge in [-0.1, -0.05) is 19.0 Å². The lowest BCUT2D eigenvalue weighted by Gasteiger charge is -2.23. The molecule has 0 unspecified atom stereocenters. The summed E-state index contributed by atoms with van der Waals surface area (Å²) in [6.45, 7) is 5.98. The molecule has 1 atom stereocenters. The van der Waals surface area contributed by atoms with Crippen LogP contribution in [0.4, 0.5) is 4.79 Å². The number of likely N-dealkylation sites (tertiary alicyclic amines) is 1. The zero-order chi connectivity index (χ0) is 15.7. The molecule has 0 bridgehead atoms. The zero-order valence-electron chi connectivity index (χ0n) is 12.9. The Balaban J connectivity index is 1.67. The van der Waals surface area contributed by atoms with Crippen molar-refractivity contribution in [1.82, 2.24) is 25.3 Å². The third-order valence-corrected chi connectivity index (χ3v) is 4.11. The summed E-state index contributed by atoms with van der Waals surface area (Å²) in [5.41, 5.74) is 0. The first-order chi connectivity index (χ1) is 10.6. The Kier molecular flexibility index (Phi) is 4.10. The summed E-state index contributed by atoms with van der Waals surface area (Å²) < 4.78 is 5.26. The Morgan fingerprint density at radius 3 is 2.91 bits per heavy atom. The highest BCUT2D eigenvalue weighted by atomic mass is 16.5. The van der Waals surface area contributed by atoms with Crippen LogP contribution in [0.2, 0.25) is 0 Å². The lowest BCUT2D eigenvalue weighted by molar-refractivity contribution is -0.129. The van der Waals surface area contributed by atoms with Gasteiger partial charge in [0.05, 0.1) is 12.6 Å². The first kappa shape index (κ1) is 15.0. The smallest absolute Gasteiger partial charge is 0.324 e. The van der Waals surface area contributed by atoms with Crippen LogP contribution in [0.15, 0.2) is 4.52 Å². The number of nitrogens with one attached hydrogen (secondary N) is 1. The van der Waals surface area contributed by atoms with E-state index in [0.717, 1.165) is 19.4 Å². The molecule has 1 aromatic heterocycles. The van der Waals surface area contributed by atoms with E-state index in [-0.39, 0.29) is 30.4 Å². The second-order valence-electron chi connectivity index (χ2n) is 6.05. The van der Waals surface area contributed by atoms with Gasteiger partial charge < -0.3 is 9.84 Å². The molecule has 1 N–H and O–H groups in total. The molecule has 3 heterocycles. The maximum Gasteiger partial charge on any atom is 0.324 e. The first-order valence-electron chi connectivity index (χ1n) is 7.72. The predicted octanol–water partition coefficient (Wildman–Crippen LogP) is 0.882. The van der Waals surface area contributed by atoms with E-state index in [1.807, 2.05) is 18.7 Å². The average Bonchev–Trinajstić information content (AvgIpc) is 3.17. The van der Waals surface area contributed by atoms with Crippen LogP contribution in [-0.2, 0) is 4.79 Å². The maximum atomic E-state index is 12.3. The van der Waals surface area contributed by atoms with Crippen LogP contribution in [0.5, 0.6) is 0 Å². The molecule has 2 saturated heterocycles. The van der Waals surface area contributed by atoms with Crippen molar-refractivity contribution >= 4 is 11.9 Å². The molecule has 8 nitrogen and oxygen atoms in total. The SMILES string of the molecule is CC(C)c1nc([C@@H]2CCCN2CC(=O)N2CCNC2=O)no1. The number of imide groups is 1. The summed E-state index contributed by atoms with van der Waals surface area (Å²) >= 11 is 0. The fourth-order valence-electron chi connectivity index (χ4n) is 2.89. The number of carbonyl (C=O) groups is 2. The van der Waals surface area contributed by atoms with Gasteiger partial charge in [-0.05, 0) is 19.4 Å². The molecule has 2 fully saturated rings. The first-order valence-corrected chi connectivity index (χ1v) is 7.72. The summed E-state index contributed by atoms with van der Waals surface area (Å²) in [6.07, 6.45) is 1.88. The van der Waals surface area contributed by atoms with Gasteiger partial charge in [-0.3, -0.25) is 14.6 Å². The van der Waals surface area contributed by atoms with E-state index in [1.54, 1.807) is 0 Å². The number of amides is 3. The molecule has 3 amide bonds. The summed E-state index contributed by atoms with van der Waals surface area (Å²) in [6, 6.07) is -0.312. The van der Waals surface area contributed by atoms with Crippen LogP contribution in [0.1, 0.15) is 50.4 Å². The molecule has 0 saturated carbocycles. The molecule has 120 valence electrons. The Morgan fingerprint density at radius 2 is 2.27 bits per heavy atom. The Morgan fingerprint density at radius 1 is 1.45 bits per heavy atom. The number of hydrogen-bond acceptors (Lipinski definition) is 6. The Labute approximate surface area is 128 Å². The number of carbonyl (C=O) groups excluding carboxylic acids is 2. The Bertz CT molecular complexity index is 571. The number of nitrogens with zero attached hydrogens (tertiary/aromatic N) is 4. The van der Waals surface area contributed by atoms with Crippen molar-refractivity contribution in [3.63, 3.8) is 0 Å². The quantitative estimate of drug-likeness (QED) is 0.888. The van der Waals surface area contributed by atoms with Crippen molar-refractivity contribution in [2.24, 2.45) is 0 Å². The zero-order valence-corrected chi connectivity index (χ0v) is 12.9. The van der Waals surface area contributed by atoms with Crippen molar-refractivity contribution in [3.8, 4) is 0 Å². The fraction of sp³-hybridized carbons (Fsp3) is 0.714. The molecule has 8 heteroatoms. The molecular formula is C14H21N5O3. The highest BCUT2D eigenvalue weighted by molar-refractivity contribution is 5.96. The highest BCUT2D eigenvalue weighted by Gasteiger charge is 2.34. The molecular weight excluding hydrogens is 286 g/mol. The normalized spacial score (nSPS) is 22.6. The molecule has 0 aliphatic carbocycles. The van der Waals surface area contributed by atoms with Crippen molar-refractivity contribution in [2.75, 3.05) is 26.2 Å². The lowest BCUT2D eigenvalue weighted by Crippen LogP contribution is -2.41. The standard InChI is InChI=1S/C14H21N5O3/c1-9(2)13-16-12(17-22-13)10-4-3-6-18(10)8-11(20)19-7-5-15-14(19)21/h9-10H,3-8H2,1-2H3,(H,15,21)/t10-/m0/s1. The van der Waals surface area contributed by atoms with Gasteiger partial charge >= 0.3 is 6.03 Å². The number of urea groups is 1. The van der Waals surface area contributed by atoms with Crippen molar-refractivity contribution in [2.45, 2.75) is 38.6 Å². The van der Waals surface area contributed by atoms with Crippen LogP contribution in [-0.4, -0.2) is 58.1 Å². The lowest BCUT2D eigenvalue weighted by atomic mass is 10.2. The minimum atomic E-state index is -0.303. The topological polar surface area (TPSA) is 91.6 Å². The van der Waals surface area contributed by atoms with Crippen LogP contribution < -0.4 is 5.32 Å². The van der Waals surface area contributed by atoms with Gasteiger partial charge in [-0.15, -0.1) is 0 Å². The van der Waals surface area contributed by atoms with E-state index >= 15 is 0 Å². The van der Waals surface area contributed by atoms with E-state index in [0.29, 0.717) is 24.8 Å². The van der Waals surface area contributed by atoms with Gasteiger partial charge in [0.2, 0.25) is 11.8 Å².